The van der Waals surface area contributed by atoms with Gasteiger partial charge in [0.05, 0.1) is 12.1 Å². The van der Waals surface area contributed by atoms with Crippen LogP contribution < -0.4 is 0 Å². The number of fused-ring (bicyclic) bond motifs is 2. The first-order valence-corrected chi connectivity index (χ1v) is 10.7. The first-order chi connectivity index (χ1) is 13.7. The number of aliphatic hydroxyl groups excluding tert-OH is 1. The molecule has 3 aliphatic rings. The van der Waals surface area contributed by atoms with Crippen molar-refractivity contribution >= 4 is 0 Å². The quantitative estimate of drug-likeness (QED) is 0.876. The summed E-state index contributed by atoms with van der Waals surface area (Å²) >= 11 is 0. The molecular formula is C24H29FN2O. The third-order valence-corrected chi connectivity index (χ3v) is 7.26. The fraction of sp³-hybridized carbons (Fsp3) is 0.500. The van der Waals surface area contributed by atoms with E-state index in [1.54, 1.807) is 12.1 Å². The lowest BCUT2D eigenvalue weighted by molar-refractivity contribution is -0.0104. The Kier molecular flexibility index (Phi) is 4.74. The molecule has 28 heavy (non-hydrogen) atoms. The molecule has 2 heterocycles. The Morgan fingerprint density at radius 2 is 1.71 bits per heavy atom. The van der Waals surface area contributed by atoms with Crippen molar-refractivity contribution in [2.75, 3.05) is 26.2 Å². The standard InChI is InChI=1S/C24H29FN2O/c25-19-7-5-6-18(16-19)17-26-14-10-24(11-15-26)21-9-2-1-8-20(21)22(23(24)28)27-12-3-4-13-27/h1-2,5-9,16,22-23,28H,3-4,10-15,17H2/t22-,23+/m1/s1. The van der Waals surface area contributed by atoms with Crippen molar-refractivity contribution in [3.63, 3.8) is 0 Å². The number of piperidine rings is 1. The van der Waals surface area contributed by atoms with Crippen molar-refractivity contribution in [1.29, 1.82) is 0 Å². The van der Waals surface area contributed by atoms with E-state index in [0.717, 1.165) is 51.1 Å². The van der Waals surface area contributed by atoms with Gasteiger partial charge >= 0.3 is 0 Å². The summed E-state index contributed by atoms with van der Waals surface area (Å²) in [7, 11) is 0. The van der Waals surface area contributed by atoms with Crippen molar-refractivity contribution < 1.29 is 9.50 Å². The summed E-state index contributed by atoms with van der Waals surface area (Å²) in [5.41, 5.74) is 3.60. The van der Waals surface area contributed by atoms with Gasteiger partial charge in [-0.3, -0.25) is 9.80 Å². The largest absolute Gasteiger partial charge is 0.390 e. The molecule has 2 aromatic carbocycles. The van der Waals surface area contributed by atoms with E-state index in [2.05, 4.69) is 34.1 Å². The maximum atomic E-state index is 13.5. The molecule has 0 radical (unpaired) electrons. The number of nitrogens with zero attached hydrogens (tertiary/aromatic N) is 2. The Balaban J connectivity index is 1.37. The molecule has 1 aliphatic carbocycles. The first-order valence-electron chi connectivity index (χ1n) is 10.7. The van der Waals surface area contributed by atoms with Crippen LogP contribution in [0.1, 0.15) is 48.4 Å². The number of aliphatic hydroxyl groups is 1. The molecule has 2 saturated heterocycles. The lowest BCUT2D eigenvalue weighted by Crippen LogP contribution is -2.49. The zero-order valence-electron chi connectivity index (χ0n) is 16.4. The third-order valence-electron chi connectivity index (χ3n) is 7.26. The monoisotopic (exact) mass is 380 g/mol. The van der Waals surface area contributed by atoms with Gasteiger partial charge in [0.2, 0.25) is 0 Å². The molecule has 0 aromatic heterocycles. The van der Waals surface area contributed by atoms with E-state index in [1.165, 1.54) is 30.0 Å². The maximum absolute atomic E-state index is 13.5. The van der Waals surface area contributed by atoms with Crippen molar-refractivity contribution in [1.82, 2.24) is 9.80 Å². The maximum Gasteiger partial charge on any atom is 0.123 e. The molecule has 5 rings (SSSR count). The van der Waals surface area contributed by atoms with Gasteiger partial charge in [-0.25, -0.2) is 4.39 Å². The van der Waals surface area contributed by atoms with Gasteiger partial charge in [-0.1, -0.05) is 36.4 Å². The van der Waals surface area contributed by atoms with Crippen molar-refractivity contribution in [2.45, 2.75) is 49.8 Å². The van der Waals surface area contributed by atoms with Gasteiger partial charge in [0, 0.05) is 12.0 Å². The molecule has 1 N–H and O–H groups in total. The van der Waals surface area contributed by atoms with Crippen LogP contribution >= 0.6 is 0 Å². The van der Waals surface area contributed by atoms with Crippen LogP contribution in [0.25, 0.3) is 0 Å². The van der Waals surface area contributed by atoms with E-state index >= 15 is 0 Å². The van der Waals surface area contributed by atoms with Gasteiger partial charge in [0.1, 0.15) is 5.82 Å². The van der Waals surface area contributed by atoms with Crippen LogP contribution in [0.15, 0.2) is 48.5 Å². The summed E-state index contributed by atoms with van der Waals surface area (Å²) in [5, 5.41) is 11.5. The molecule has 0 bridgehead atoms. The molecule has 0 saturated carbocycles. The number of hydrogen-bond acceptors (Lipinski definition) is 3. The van der Waals surface area contributed by atoms with Crippen LogP contribution in [0.4, 0.5) is 4.39 Å². The lowest BCUT2D eigenvalue weighted by Gasteiger charge is -2.43. The summed E-state index contributed by atoms with van der Waals surface area (Å²) in [5.74, 6) is -0.167. The zero-order chi connectivity index (χ0) is 19.1. The summed E-state index contributed by atoms with van der Waals surface area (Å²) in [4.78, 5) is 4.90. The predicted molar refractivity (Wildman–Crippen MR) is 109 cm³/mol. The molecule has 3 nitrogen and oxygen atoms in total. The van der Waals surface area contributed by atoms with E-state index in [1.807, 2.05) is 6.07 Å². The molecule has 1 spiro atoms. The van der Waals surface area contributed by atoms with Gasteiger partial charge in [0.15, 0.2) is 0 Å². The number of likely N-dealkylation sites (tertiary alicyclic amines) is 2. The van der Waals surface area contributed by atoms with Crippen molar-refractivity contribution in [3.8, 4) is 0 Å². The summed E-state index contributed by atoms with van der Waals surface area (Å²) < 4.78 is 13.5. The summed E-state index contributed by atoms with van der Waals surface area (Å²) in [6, 6.07) is 15.8. The number of hydrogen-bond donors (Lipinski definition) is 1. The van der Waals surface area contributed by atoms with Gasteiger partial charge < -0.3 is 5.11 Å². The molecule has 4 heteroatoms. The number of halogens is 1. The third kappa shape index (κ3) is 2.99. The lowest BCUT2D eigenvalue weighted by atomic mass is 9.72. The fourth-order valence-corrected chi connectivity index (χ4v) is 5.82. The van der Waals surface area contributed by atoms with Gasteiger partial charge in [-0.05, 0) is 80.7 Å². The molecule has 2 aliphatic heterocycles. The average Bonchev–Trinajstić information content (AvgIpc) is 3.30. The van der Waals surface area contributed by atoms with Crippen LogP contribution in [-0.2, 0) is 12.0 Å². The van der Waals surface area contributed by atoms with Crippen LogP contribution in [0, 0.1) is 5.82 Å². The SMILES string of the molecule is O[C@H]1[C@H](N2CCCC2)c2ccccc2C12CCN(Cc1cccc(F)c1)CC2. The zero-order valence-corrected chi connectivity index (χ0v) is 16.4. The van der Waals surface area contributed by atoms with Crippen molar-refractivity contribution in [3.05, 3.63) is 71.0 Å². The molecule has 2 fully saturated rings. The molecule has 0 amide bonds. The Hall–Kier alpha value is -1.75. The Morgan fingerprint density at radius 1 is 0.964 bits per heavy atom. The van der Waals surface area contributed by atoms with Crippen molar-refractivity contribution in [2.24, 2.45) is 0 Å². The smallest absolute Gasteiger partial charge is 0.123 e. The van der Waals surface area contributed by atoms with Gasteiger partial charge in [-0.2, -0.15) is 0 Å². The minimum Gasteiger partial charge on any atom is -0.390 e. The molecular weight excluding hydrogens is 351 g/mol. The molecule has 148 valence electrons. The summed E-state index contributed by atoms with van der Waals surface area (Å²) in [6.45, 7) is 4.85. The summed E-state index contributed by atoms with van der Waals surface area (Å²) in [6.07, 6.45) is 4.06. The second kappa shape index (κ2) is 7.25. The van der Waals surface area contributed by atoms with Crippen LogP contribution in [0.5, 0.6) is 0 Å². The van der Waals surface area contributed by atoms with E-state index in [9.17, 15) is 9.50 Å². The van der Waals surface area contributed by atoms with E-state index in [4.69, 9.17) is 0 Å². The topological polar surface area (TPSA) is 26.7 Å². The highest BCUT2D eigenvalue weighted by Crippen LogP contribution is 2.53. The molecule has 2 aromatic rings. The molecule has 2 atom stereocenters. The Morgan fingerprint density at radius 3 is 2.46 bits per heavy atom. The highest BCUT2D eigenvalue weighted by Gasteiger charge is 2.54. The van der Waals surface area contributed by atoms with Crippen LogP contribution in [0.2, 0.25) is 0 Å². The molecule has 0 unspecified atom stereocenters. The van der Waals surface area contributed by atoms with Crippen LogP contribution in [-0.4, -0.2) is 47.2 Å². The van der Waals surface area contributed by atoms with E-state index in [-0.39, 0.29) is 23.4 Å². The first kappa shape index (κ1) is 18.3. The highest BCUT2D eigenvalue weighted by atomic mass is 19.1. The van der Waals surface area contributed by atoms with Gasteiger partial charge in [-0.15, -0.1) is 0 Å². The second-order valence-corrected chi connectivity index (χ2v) is 8.78. The minimum absolute atomic E-state index is 0.137. The number of rotatable bonds is 3. The average molecular weight is 381 g/mol. The van der Waals surface area contributed by atoms with Crippen LogP contribution in [0.3, 0.4) is 0 Å². The van der Waals surface area contributed by atoms with E-state index in [0.29, 0.717) is 0 Å². The second-order valence-electron chi connectivity index (χ2n) is 8.78. The normalized spacial score (nSPS) is 27.4. The fourth-order valence-electron chi connectivity index (χ4n) is 5.82. The highest BCUT2D eigenvalue weighted by molar-refractivity contribution is 5.45. The van der Waals surface area contributed by atoms with Gasteiger partial charge in [0.25, 0.3) is 0 Å². The predicted octanol–water partition coefficient (Wildman–Crippen LogP) is 3.87. The van der Waals surface area contributed by atoms with E-state index < -0.39 is 0 Å². The minimum atomic E-state index is -0.334. The Bertz CT molecular complexity index is 840. The Labute approximate surface area is 166 Å². The number of benzene rings is 2.